The first-order valence-corrected chi connectivity index (χ1v) is 5.50. The first-order valence-electron chi connectivity index (χ1n) is 5.50. The fourth-order valence-corrected chi connectivity index (χ4v) is 1.73. The van der Waals surface area contributed by atoms with Crippen molar-refractivity contribution in [3.05, 3.63) is 41.8 Å². The molecule has 0 radical (unpaired) electrons. The lowest BCUT2D eigenvalue weighted by Crippen LogP contribution is -1.95. The summed E-state index contributed by atoms with van der Waals surface area (Å²) in [5.74, 6) is 0.825. The lowest BCUT2D eigenvalue weighted by Gasteiger charge is -2.10. The summed E-state index contributed by atoms with van der Waals surface area (Å²) in [5.41, 5.74) is 1.67. The zero-order valence-corrected chi connectivity index (χ0v) is 10.5. The SMILES string of the molecule is COc1ccc(-c2ncc(C)cc2F)c(OC)c1. The Morgan fingerprint density at radius 2 is 1.89 bits per heavy atom. The van der Waals surface area contributed by atoms with Gasteiger partial charge in [0, 0.05) is 17.8 Å². The topological polar surface area (TPSA) is 31.4 Å². The molecule has 0 fully saturated rings. The molecule has 0 spiro atoms. The van der Waals surface area contributed by atoms with Crippen LogP contribution in [0.25, 0.3) is 11.3 Å². The van der Waals surface area contributed by atoms with Gasteiger partial charge in [-0.25, -0.2) is 4.39 Å². The maximum atomic E-state index is 13.9. The zero-order valence-electron chi connectivity index (χ0n) is 10.5. The molecule has 2 aromatic rings. The summed E-state index contributed by atoms with van der Waals surface area (Å²) in [7, 11) is 3.10. The van der Waals surface area contributed by atoms with Crippen LogP contribution >= 0.6 is 0 Å². The first-order chi connectivity index (χ1) is 8.65. The molecule has 0 atom stereocenters. The molecule has 1 heterocycles. The van der Waals surface area contributed by atoms with E-state index >= 15 is 0 Å². The maximum Gasteiger partial charge on any atom is 0.149 e. The van der Waals surface area contributed by atoms with E-state index in [4.69, 9.17) is 9.47 Å². The molecule has 0 unspecified atom stereocenters. The number of aryl methyl sites for hydroxylation is 1. The number of pyridine rings is 1. The molecule has 0 saturated heterocycles. The summed E-state index contributed by atoms with van der Waals surface area (Å²) in [4.78, 5) is 4.12. The van der Waals surface area contributed by atoms with Crippen molar-refractivity contribution < 1.29 is 13.9 Å². The van der Waals surface area contributed by atoms with Gasteiger partial charge in [0.25, 0.3) is 0 Å². The van der Waals surface area contributed by atoms with E-state index in [1.54, 1.807) is 38.4 Å². The Bertz CT molecular complexity index is 570. The van der Waals surface area contributed by atoms with Crippen LogP contribution in [0.1, 0.15) is 5.56 Å². The highest BCUT2D eigenvalue weighted by molar-refractivity contribution is 5.69. The van der Waals surface area contributed by atoms with Gasteiger partial charge in [-0.1, -0.05) is 0 Å². The van der Waals surface area contributed by atoms with Crippen LogP contribution in [0.3, 0.4) is 0 Å². The number of hydrogen-bond donors (Lipinski definition) is 0. The predicted octanol–water partition coefficient (Wildman–Crippen LogP) is 3.21. The Balaban J connectivity index is 2.56. The average molecular weight is 247 g/mol. The molecule has 0 aliphatic rings. The van der Waals surface area contributed by atoms with E-state index in [1.165, 1.54) is 13.2 Å². The number of hydrogen-bond acceptors (Lipinski definition) is 3. The summed E-state index contributed by atoms with van der Waals surface area (Å²) < 4.78 is 24.2. The highest BCUT2D eigenvalue weighted by Crippen LogP contribution is 2.33. The van der Waals surface area contributed by atoms with Crippen molar-refractivity contribution in [2.75, 3.05) is 14.2 Å². The Kier molecular flexibility index (Phi) is 3.46. The number of halogens is 1. The third-order valence-corrected chi connectivity index (χ3v) is 2.64. The van der Waals surface area contributed by atoms with Crippen molar-refractivity contribution in [2.24, 2.45) is 0 Å². The van der Waals surface area contributed by atoms with Gasteiger partial charge in [-0.3, -0.25) is 4.98 Å². The Hall–Kier alpha value is -2.10. The van der Waals surface area contributed by atoms with Crippen molar-refractivity contribution >= 4 is 0 Å². The molecular weight excluding hydrogens is 233 g/mol. The fourth-order valence-electron chi connectivity index (χ4n) is 1.73. The quantitative estimate of drug-likeness (QED) is 0.834. The second-order valence-corrected chi connectivity index (χ2v) is 3.91. The average Bonchev–Trinajstić information content (AvgIpc) is 2.38. The summed E-state index contributed by atoms with van der Waals surface area (Å²) in [6.07, 6.45) is 1.63. The van der Waals surface area contributed by atoms with Crippen LogP contribution in [0.5, 0.6) is 11.5 Å². The molecule has 0 saturated carbocycles. The van der Waals surface area contributed by atoms with E-state index in [-0.39, 0.29) is 11.5 Å². The van der Waals surface area contributed by atoms with E-state index in [9.17, 15) is 4.39 Å². The van der Waals surface area contributed by atoms with Gasteiger partial charge < -0.3 is 9.47 Å². The minimum absolute atomic E-state index is 0.278. The normalized spacial score (nSPS) is 10.2. The third kappa shape index (κ3) is 2.27. The third-order valence-electron chi connectivity index (χ3n) is 2.64. The standard InChI is InChI=1S/C14H14FNO2/c1-9-6-12(15)14(16-8-9)11-5-4-10(17-2)7-13(11)18-3/h4-8H,1-3H3. The van der Waals surface area contributed by atoms with Crippen LogP contribution in [0.4, 0.5) is 4.39 Å². The van der Waals surface area contributed by atoms with Crippen LogP contribution in [0.15, 0.2) is 30.5 Å². The maximum absolute atomic E-state index is 13.9. The number of methoxy groups -OCH3 is 2. The fraction of sp³-hybridized carbons (Fsp3) is 0.214. The molecule has 0 amide bonds. The van der Waals surface area contributed by atoms with E-state index in [2.05, 4.69) is 4.98 Å². The monoisotopic (exact) mass is 247 g/mol. The lowest BCUT2D eigenvalue weighted by molar-refractivity contribution is 0.395. The van der Waals surface area contributed by atoms with E-state index < -0.39 is 0 Å². The minimum atomic E-state index is -0.363. The zero-order chi connectivity index (χ0) is 13.1. The Morgan fingerprint density at radius 1 is 1.11 bits per heavy atom. The van der Waals surface area contributed by atoms with Crippen LogP contribution in [0.2, 0.25) is 0 Å². The number of benzene rings is 1. The molecule has 3 nitrogen and oxygen atoms in total. The van der Waals surface area contributed by atoms with Crippen molar-refractivity contribution in [1.29, 1.82) is 0 Å². The molecule has 1 aromatic carbocycles. The summed E-state index contributed by atoms with van der Waals surface area (Å²) in [6.45, 7) is 1.80. The minimum Gasteiger partial charge on any atom is -0.497 e. The van der Waals surface area contributed by atoms with Crippen LogP contribution in [-0.2, 0) is 0 Å². The number of ether oxygens (including phenoxy) is 2. The van der Waals surface area contributed by atoms with Crippen molar-refractivity contribution in [3.63, 3.8) is 0 Å². The number of nitrogens with zero attached hydrogens (tertiary/aromatic N) is 1. The smallest absolute Gasteiger partial charge is 0.149 e. The Labute approximate surface area is 105 Å². The molecule has 4 heteroatoms. The van der Waals surface area contributed by atoms with Gasteiger partial charge >= 0.3 is 0 Å². The molecule has 18 heavy (non-hydrogen) atoms. The molecule has 1 aromatic heterocycles. The largest absolute Gasteiger partial charge is 0.497 e. The van der Waals surface area contributed by atoms with Gasteiger partial charge in [0.1, 0.15) is 23.0 Å². The van der Waals surface area contributed by atoms with Gasteiger partial charge in [0.15, 0.2) is 0 Å². The highest BCUT2D eigenvalue weighted by atomic mass is 19.1. The molecule has 94 valence electrons. The molecular formula is C14H14FNO2. The second-order valence-electron chi connectivity index (χ2n) is 3.91. The van der Waals surface area contributed by atoms with Crippen molar-refractivity contribution in [2.45, 2.75) is 6.92 Å². The Morgan fingerprint density at radius 3 is 2.50 bits per heavy atom. The van der Waals surface area contributed by atoms with E-state index in [1.807, 2.05) is 0 Å². The van der Waals surface area contributed by atoms with Crippen molar-refractivity contribution in [3.8, 4) is 22.8 Å². The van der Waals surface area contributed by atoms with Crippen LogP contribution < -0.4 is 9.47 Å². The van der Waals surface area contributed by atoms with Gasteiger partial charge in [-0.2, -0.15) is 0 Å². The first kappa shape index (κ1) is 12.4. The van der Waals surface area contributed by atoms with Crippen molar-refractivity contribution in [1.82, 2.24) is 4.98 Å². The summed E-state index contributed by atoms with van der Waals surface area (Å²) in [5, 5.41) is 0. The molecule has 0 aliphatic heterocycles. The summed E-state index contributed by atoms with van der Waals surface area (Å²) in [6, 6.07) is 6.64. The number of rotatable bonds is 3. The molecule has 2 rings (SSSR count). The number of aromatic nitrogens is 1. The van der Waals surface area contributed by atoms with Gasteiger partial charge in [0.05, 0.1) is 14.2 Å². The van der Waals surface area contributed by atoms with E-state index in [0.717, 1.165) is 5.56 Å². The van der Waals surface area contributed by atoms with Crippen LogP contribution in [-0.4, -0.2) is 19.2 Å². The van der Waals surface area contributed by atoms with Gasteiger partial charge in [-0.15, -0.1) is 0 Å². The van der Waals surface area contributed by atoms with Gasteiger partial charge in [-0.05, 0) is 30.7 Å². The highest BCUT2D eigenvalue weighted by Gasteiger charge is 2.13. The van der Waals surface area contributed by atoms with Gasteiger partial charge in [0.2, 0.25) is 0 Å². The van der Waals surface area contributed by atoms with Crippen LogP contribution in [0, 0.1) is 12.7 Å². The molecule has 0 bridgehead atoms. The van der Waals surface area contributed by atoms with E-state index in [0.29, 0.717) is 17.1 Å². The molecule has 0 N–H and O–H groups in total. The predicted molar refractivity (Wildman–Crippen MR) is 67.5 cm³/mol. The lowest BCUT2D eigenvalue weighted by atomic mass is 10.1. The second kappa shape index (κ2) is 5.04. The molecule has 0 aliphatic carbocycles. The summed E-state index contributed by atoms with van der Waals surface area (Å²) >= 11 is 0.